The zero-order valence-electron chi connectivity index (χ0n) is 10.6. The van der Waals surface area contributed by atoms with E-state index >= 15 is 0 Å². The predicted octanol–water partition coefficient (Wildman–Crippen LogP) is 1.62. The average molecular weight is 212 g/mol. The molecule has 0 radical (unpaired) electrons. The normalized spacial score (nSPS) is 27.7. The molecule has 2 N–H and O–H groups in total. The lowest BCUT2D eigenvalue weighted by molar-refractivity contribution is -0.126. The summed E-state index contributed by atoms with van der Waals surface area (Å²) in [6.07, 6.45) is 0.912. The summed E-state index contributed by atoms with van der Waals surface area (Å²) in [6, 6.07) is 0. The molecular formula is C12H24N2O. The van der Waals surface area contributed by atoms with Crippen LogP contribution in [0.2, 0.25) is 0 Å². The molecule has 88 valence electrons. The molecule has 3 nitrogen and oxygen atoms in total. The highest BCUT2D eigenvalue weighted by Gasteiger charge is 2.38. The quantitative estimate of drug-likeness (QED) is 0.718. The molecule has 1 rings (SSSR count). The monoisotopic (exact) mass is 212 g/mol. The molecule has 0 aromatic heterocycles. The van der Waals surface area contributed by atoms with E-state index in [0.29, 0.717) is 0 Å². The molecule has 15 heavy (non-hydrogen) atoms. The molecule has 0 unspecified atom stereocenters. The smallest absolute Gasteiger partial charge is 0.221 e. The van der Waals surface area contributed by atoms with Gasteiger partial charge >= 0.3 is 0 Å². The van der Waals surface area contributed by atoms with E-state index in [1.54, 1.807) is 0 Å². The number of amides is 1. The van der Waals surface area contributed by atoms with E-state index in [-0.39, 0.29) is 22.8 Å². The molecule has 1 heterocycles. The van der Waals surface area contributed by atoms with Crippen LogP contribution in [0, 0.1) is 11.3 Å². The van der Waals surface area contributed by atoms with E-state index < -0.39 is 0 Å². The van der Waals surface area contributed by atoms with Gasteiger partial charge in [0, 0.05) is 18.6 Å². The SMILES string of the molecule is CC1(C)C[C@@H](C(N)=O)CN(C(C)(C)C)C1. The molecule has 0 bridgehead atoms. The number of piperidine rings is 1. The molecule has 1 aliphatic rings. The Morgan fingerprint density at radius 1 is 1.40 bits per heavy atom. The third-order valence-electron chi connectivity index (χ3n) is 3.21. The van der Waals surface area contributed by atoms with Crippen LogP contribution in [0.4, 0.5) is 0 Å². The summed E-state index contributed by atoms with van der Waals surface area (Å²) in [5.74, 6) is -0.148. The number of nitrogens with two attached hydrogens (primary N) is 1. The second-order valence-electron chi connectivity index (χ2n) is 6.52. The van der Waals surface area contributed by atoms with E-state index in [1.807, 2.05) is 0 Å². The van der Waals surface area contributed by atoms with Gasteiger partial charge in [-0.15, -0.1) is 0 Å². The maximum absolute atomic E-state index is 11.3. The van der Waals surface area contributed by atoms with Crippen LogP contribution in [0.15, 0.2) is 0 Å². The number of carbonyl (C=O) groups excluding carboxylic acids is 1. The van der Waals surface area contributed by atoms with Crippen LogP contribution in [0.25, 0.3) is 0 Å². The zero-order chi connectivity index (χ0) is 11.9. The highest BCUT2D eigenvalue weighted by atomic mass is 16.1. The van der Waals surface area contributed by atoms with Crippen molar-refractivity contribution < 1.29 is 4.79 Å². The fourth-order valence-corrected chi connectivity index (χ4v) is 2.34. The van der Waals surface area contributed by atoms with E-state index in [1.165, 1.54) is 0 Å². The number of carbonyl (C=O) groups is 1. The van der Waals surface area contributed by atoms with Crippen molar-refractivity contribution in [2.45, 2.75) is 46.6 Å². The van der Waals surface area contributed by atoms with Crippen LogP contribution in [0.5, 0.6) is 0 Å². The largest absolute Gasteiger partial charge is 0.369 e. The van der Waals surface area contributed by atoms with Gasteiger partial charge in [-0.25, -0.2) is 0 Å². The van der Waals surface area contributed by atoms with Crippen molar-refractivity contribution in [3.63, 3.8) is 0 Å². The van der Waals surface area contributed by atoms with Crippen molar-refractivity contribution in [2.24, 2.45) is 17.1 Å². The Labute approximate surface area is 93.0 Å². The van der Waals surface area contributed by atoms with Crippen LogP contribution in [0.1, 0.15) is 41.0 Å². The summed E-state index contributed by atoms with van der Waals surface area (Å²) < 4.78 is 0. The molecule has 0 spiro atoms. The highest BCUT2D eigenvalue weighted by molar-refractivity contribution is 5.77. The number of hydrogen-bond donors (Lipinski definition) is 1. The van der Waals surface area contributed by atoms with Crippen molar-refractivity contribution in [3.8, 4) is 0 Å². The van der Waals surface area contributed by atoms with Gasteiger partial charge in [0.15, 0.2) is 0 Å². The molecule has 0 aromatic carbocycles. The topological polar surface area (TPSA) is 46.3 Å². The Bertz CT molecular complexity index is 253. The number of primary amides is 1. The van der Waals surface area contributed by atoms with Gasteiger partial charge in [-0.05, 0) is 32.6 Å². The zero-order valence-corrected chi connectivity index (χ0v) is 10.6. The number of likely N-dealkylation sites (tertiary alicyclic amines) is 1. The van der Waals surface area contributed by atoms with Gasteiger partial charge in [-0.1, -0.05) is 13.8 Å². The van der Waals surface area contributed by atoms with E-state index in [4.69, 9.17) is 5.73 Å². The predicted molar refractivity (Wildman–Crippen MR) is 62.4 cm³/mol. The standard InChI is InChI=1S/C12H24N2O/c1-11(2,3)14-7-9(10(13)15)6-12(4,5)8-14/h9H,6-8H2,1-5H3,(H2,13,15)/t9-/m1/s1. The molecule has 1 atom stereocenters. The molecular weight excluding hydrogens is 188 g/mol. The summed E-state index contributed by atoms with van der Waals surface area (Å²) in [5, 5.41) is 0. The lowest BCUT2D eigenvalue weighted by Crippen LogP contribution is -2.55. The van der Waals surface area contributed by atoms with Gasteiger partial charge in [0.05, 0.1) is 5.92 Å². The minimum absolute atomic E-state index is 0.00738. The van der Waals surface area contributed by atoms with Crippen LogP contribution < -0.4 is 5.73 Å². The third-order valence-corrected chi connectivity index (χ3v) is 3.21. The van der Waals surface area contributed by atoms with Crippen LogP contribution in [-0.4, -0.2) is 29.4 Å². The first-order chi connectivity index (χ1) is 6.62. The van der Waals surface area contributed by atoms with Gasteiger partial charge in [0.1, 0.15) is 0 Å². The maximum atomic E-state index is 11.3. The third kappa shape index (κ3) is 3.20. The van der Waals surface area contributed by atoms with Gasteiger partial charge in [0.25, 0.3) is 0 Å². The first kappa shape index (κ1) is 12.5. The molecule has 1 saturated heterocycles. The Morgan fingerprint density at radius 2 is 1.93 bits per heavy atom. The Balaban J connectivity index is 2.82. The maximum Gasteiger partial charge on any atom is 0.221 e. The average Bonchev–Trinajstić information content (AvgIpc) is 1.99. The lowest BCUT2D eigenvalue weighted by Gasteiger charge is -2.47. The lowest BCUT2D eigenvalue weighted by atomic mass is 9.77. The molecule has 0 aromatic rings. The summed E-state index contributed by atoms with van der Waals surface area (Å²) in [4.78, 5) is 13.7. The summed E-state index contributed by atoms with van der Waals surface area (Å²) in [5.41, 5.74) is 5.73. The van der Waals surface area contributed by atoms with Crippen molar-refractivity contribution in [3.05, 3.63) is 0 Å². The molecule has 0 saturated carbocycles. The Hall–Kier alpha value is -0.570. The van der Waals surface area contributed by atoms with Crippen molar-refractivity contribution in [2.75, 3.05) is 13.1 Å². The van der Waals surface area contributed by atoms with Crippen LogP contribution in [-0.2, 0) is 4.79 Å². The summed E-state index contributed by atoms with van der Waals surface area (Å²) in [7, 11) is 0. The molecule has 1 amide bonds. The fraction of sp³-hybridized carbons (Fsp3) is 0.917. The van der Waals surface area contributed by atoms with Crippen molar-refractivity contribution >= 4 is 5.91 Å². The minimum atomic E-state index is -0.156. The first-order valence-electron chi connectivity index (χ1n) is 5.66. The molecule has 3 heteroatoms. The highest BCUT2D eigenvalue weighted by Crippen LogP contribution is 2.35. The van der Waals surface area contributed by atoms with Gasteiger partial charge < -0.3 is 5.73 Å². The van der Waals surface area contributed by atoms with E-state index in [0.717, 1.165) is 19.5 Å². The summed E-state index contributed by atoms with van der Waals surface area (Å²) >= 11 is 0. The van der Waals surface area contributed by atoms with Crippen LogP contribution in [0.3, 0.4) is 0 Å². The Morgan fingerprint density at radius 3 is 2.33 bits per heavy atom. The van der Waals surface area contributed by atoms with Crippen molar-refractivity contribution in [1.82, 2.24) is 4.90 Å². The number of rotatable bonds is 1. The summed E-state index contributed by atoms with van der Waals surface area (Å²) in [6.45, 7) is 12.8. The number of nitrogens with zero attached hydrogens (tertiary/aromatic N) is 1. The second-order valence-corrected chi connectivity index (χ2v) is 6.52. The van der Waals surface area contributed by atoms with Crippen LogP contribution >= 0.6 is 0 Å². The Kier molecular flexibility index (Phi) is 3.15. The van der Waals surface area contributed by atoms with Crippen molar-refractivity contribution in [1.29, 1.82) is 0 Å². The second kappa shape index (κ2) is 3.78. The molecule has 1 fully saturated rings. The minimum Gasteiger partial charge on any atom is -0.369 e. The molecule has 1 aliphatic heterocycles. The molecule has 0 aliphatic carbocycles. The number of hydrogen-bond acceptors (Lipinski definition) is 2. The van der Waals surface area contributed by atoms with E-state index in [2.05, 4.69) is 39.5 Å². The van der Waals surface area contributed by atoms with Gasteiger partial charge in [-0.3, -0.25) is 9.69 Å². The van der Waals surface area contributed by atoms with Gasteiger partial charge in [-0.2, -0.15) is 0 Å². The fourth-order valence-electron chi connectivity index (χ4n) is 2.34. The first-order valence-corrected chi connectivity index (χ1v) is 5.66. The van der Waals surface area contributed by atoms with E-state index in [9.17, 15) is 4.79 Å². The van der Waals surface area contributed by atoms with Gasteiger partial charge in [0.2, 0.25) is 5.91 Å².